The van der Waals surface area contributed by atoms with Gasteiger partial charge >= 0.3 is 0 Å². The normalized spacial score (nSPS) is 10.6. The van der Waals surface area contributed by atoms with E-state index in [0.29, 0.717) is 6.54 Å². The van der Waals surface area contributed by atoms with Crippen molar-refractivity contribution in [2.75, 3.05) is 18.0 Å². The minimum absolute atomic E-state index is 0.682. The van der Waals surface area contributed by atoms with Crippen LogP contribution < -0.4 is 4.90 Å². The lowest BCUT2D eigenvalue weighted by atomic mass is 10.1. The first-order valence-corrected chi connectivity index (χ1v) is 7.66. The van der Waals surface area contributed by atoms with Crippen molar-refractivity contribution in [1.82, 2.24) is 15.0 Å². The van der Waals surface area contributed by atoms with Crippen LogP contribution in [-0.4, -0.2) is 28.1 Å². The number of aromatic nitrogens is 3. The zero-order chi connectivity index (χ0) is 16.1. The summed E-state index contributed by atoms with van der Waals surface area (Å²) < 4.78 is 1.94. The molecular formula is C19H20N4. The molecule has 2 aromatic carbocycles. The number of fused-ring (bicyclic) bond motifs is 1. The molecule has 0 aliphatic heterocycles. The molecule has 0 aliphatic carbocycles. The van der Waals surface area contributed by atoms with Crippen LogP contribution in [0.5, 0.6) is 0 Å². The van der Waals surface area contributed by atoms with Gasteiger partial charge in [-0.15, -0.1) is 18.3 Å². The third kappa shape index (κ3) is 3.16. The smallest absolute Gasteiger partial charge is 0.113 e. The number of nitrogens with zero attached hydrogens (tertiary/aromatic N) is 4. The number of hydrogen-bond donors (Lipinski definition) is 0. The Bertz CT molecular complexity index is 809. The zero-order valence-electron chi connectivity index (χ0n) is 13.1. The van der Waals surface area contributed by atoms with E-state index in [0.717, 1.165) is 24.1 Å². The summed E-state index contributed by atoms with van der Waals surface area (Å²) in [6, 6.07) is 16.4. The van der Waals surface area contributed by atoms with Crippen molar-refractivity contribution in [2.45, 2.75) is 6.54 Å². The van der Waals surface area contributed by atoms with Gasteiger partial charge in [0.1, 0.15) is 5.52 Å². The van der Waals surface area contributed by atoms with Gasteiger partial charge in [0, 0.05) is 18.8 Å². The van der Waals surface area contributed by atoms with Crippen LogP contribution in [0, 0.1) is 0 Å². The largest absolute Gasteiger partial charge is 0.364 e. The molecule has 0 atom stereocenters. The van der Waals surface area contributed by atoms with Gasteiger partial charge < -0.3 is 4.90 Å². The summed E-state index contributed by atoms with van der Waals surface area (Å²) in [4.78, 5) is 2.24. The minimum atomic E-state index is 0.682. The quantitative estimate of drug-likeness (QED) is 0.625. The van der Waals surface area contributed by atoms with Crippen molar-refractivity contribution >= 4 is 16.7 Å². The zero-order valence-corrected chi connectivity index (χ0v) is 13.1. The first-order chi connectivity index (χ1) is 11.3. The molecule has 0 fully saturated rings. The van der Waals surface area contributed by atoms with Crippen LogP contribution in [0.3, 0.4) is 0 Å². The molecule has 0 N–H and O–H groups in total. The highest BCUT2D eigenvalue weighted by atomic mass is 15.4. The highest BCUT2D eigenvalue weighted by Crippen LogP contribution is 2.22. The van der Waals surface area contributed by atoms with E-state index in [1.165, 1.54) is 11.3 Å². The Kier molecular flexibility index (Phi) is 4.52. The SMILES string of the molecule is C=CCN(CC=C)c1ccccc1Cn1nnc2ccccc21. The molecule has 0 saturated carbocycles. The van der Waals surface area contributed by atoms with Crippen molar-refractivity contribution in [3.8, 4) is 0 Å². The third-order valence-corrected chi connectivity index (χ3v) is 3.77. The predicted molar refractivity (Wildman–Crippen MR) is 95.7 cm³/mol. The Labute approximate surface area is 136 Å². The van der Waals surface area contributed by atoms with Crippen LogP contribution in [0.25, 0.3) is 11.0 Å². The highest BCUT2D eigenvalue weighted by Gasteiger charge is 2.11. The summed E-state index contributed by atoms with van der Waals surface area (Å²) in [5, 5.41) is 8.52. The fraction of sp³-hybridized carbons (Fsp3) is 0.158. The predicted octanol–water partition coefficient (Wildman–Crippen LogP) is 3.66. The number of anilines is 1. The van der Waals surface area contributed by atoms with Crippen LogP contribution in [0.2, 0.25) is 0 Å². The average Bonchev–Trinajstić information content (AvgIpc) is 2.99. The van der Waals surface area contributed by atoms with E-state index in [1.807, 2.05) is 41.1 Å². The molecule has 4 nitrogen and oxygen atoms in total. The van der Waals surface area contributed by atoms with E-state index >= 15 is 0 Å². The lowest BCUT2D eigenvalue weighted by Gasteiger charge is -2.24. The van der Waals surface area contributed by atoms with Gasteiger partial charge in [-0.05, 0) is 23.8 Å². The van der Waals surface area contributed by atoms with Crippen LogP contribution in [0.4, 0.5) is 5.69 Å². The van der Waals surface area contributed by atoms with E-state index in [4.69, 9.17) is 0 Å². The van der Waals surface area contributed by atoms with E-state index in [1.54, 1.807) is 0 Å². The van der Waals surface area contributed by atoms with Crippen molar-refractivity contribution in [3.63, 3.8) is 0 Å². The molecule has 0 saturated heterocycles. The van der Waals surface area contributed by atoms with Crippen LogP contribution in [0.15, 0.2) is 73.8 Å². The molecule has 0 unspecified atom stereocenters. The van der Waals surface area contributed by atoms with Gasteiger partial charge in [0.15, 0.2) is 0 Å². The van der Waals surface area contributed by atoms with Crippen LogP contribution in [-0.2, 0) is 6.54 Å². The minimum Gasteiger partial charge on any atom is -0.364 e. The second-order valence-electron chi connectivity index (χ2n) is 5.35. The molecule has 3 rings (SSSR count). The van der Waals surface area contributed by atoms with Crippen molar-refractivity contribution in [2.24, 2.45) is 0 Å². The fourth-order valence-corrected chi connectivity index (χ4v) is 2.73. The molecule has 0 bridgehead atoms. The van der Waals surface area contributed by atoms with E-state index in [9.17, 15) is 0 Å². The van der Waals surface area contributed by atoms with Crippen molar-refractivity contribution < 1.29 is 0 Å². The van der Waals surface area contributed by atoms with Gasteiger partial charge in [0.2, 0.25) is 0 Å². The van der Waals surface area contributed by atoms with Crippen LogP contribution >= 0.6 is 0 Å². The lowest BCUT2D eigenvalue weighted by Crippen LogP contribution is -2.24. The van der Waals surface area contributed by atoms with E-state index in [-0.39, 0.29) is 0 Å². The first-order valence-electron chi connectivity index (χ1n) is 7.66. The number of hydrogen-bond acceptors (Lipinski definition) is 3. The first kappa shape index (κ1) is 15.0. The summed E-state index contributed by atoms with van der Waals surface area (Å²) in [5.41, 5.74) is 4.33. The van der Waals surface area contributed by atoms with Gasteiger partial charge in [0.25, 0.3) is 0 Å². The maximum Gasteiger partial charge on any atom is 0.113 e. The molecule has 4 heteroatoms. The van der Waals surface area contributed by atoms with E-state index in [2.05, 4.69) is 52.6 Å². The number of rotatable bonds is 7. The molecule has 23 heavy (non-hydrogen) atoms. The van der Waals surface area contributed by atoms with E-state index < -0.39 is 0 Å². The molecule has 1 heterocycles. The second kappa shape index (κ2) is 6.92. The number of benzene rings is 2. The second-order valence-corrected chi connectivity index (χ2v) is 5.35. The topological polar surface area (TPSA) is 34.0 Å². The highest BCUT2D eigenvalue weighted by molar-refractivity contribution is 5.74. The molecule has 1 aromatic heterocycles. The van der Waals surface area contributed by atoms with Gasteiger partial charge in [-0.25, -0.2) is 4.68 Å². The fourth-order valence-electron chi connectivity index (χ4n) is 2.73. The Morgan fingerprint density at radius 3 is 2.43 bits per heavy atom. The molecule has 116 valence electrons. The summed E-state index contributed by atoms with van der Waals surface area (Å²) >= 11 is 0. The maximum absolute atomic E-state index is 4.29. The standard InChI is InChI=1S/C19H20N4/c1-3-13-22(14-4-2)18-11-7-5-9-16(18)15-23-19-12-8-6-10-17(19)20-21-23/h3-12H,1-2,13-15H2. The molecular weight excluding hydrogens is 284 g/mol. The van der Waals surface area contributed by atoms with Gasteiger partial charge in [0.05, 0.1) is 12.1 Å². The van der Waals surface area contributed by atoms with Crippen LogP contribution in [0.1, 0.15) is 5.56 Å². The molecule has 0 radical (unpaired) electrons. The molecule has 0 spiro atoms. The van der Waals surface area contributed by atoms with Gasteiger partial charge in [-0.2, -0.15) is 0 Å². The lowest BCUT2D eigenvalue weighted by molar-refractivity contribution is 0.668. The summed E-state index contributed by atoms with van der Waals surface area (Å²) in [5.74, 6) is 0. The number of para-hydroxylation sites is 2. The van der Waals surface area contributed by atoms with Gasteiger partial charge in [-0.3, -0.25) is 0 Å². The molecule has 0 amide bonds. The Morgan fingerprint density at radius 1 is 0.957 bits per heavy atom. The summed E-state index contributed by atoms with van der Waals surface area (Å²) in [7, 11) is 0. The van der Waals surface area contributed by atoms with Crippen molar-refractivity contribution in [1.29, 1.82) is 0 Å². The Hall–Kier alpha value is -2.88. The average molecular weight is 304 g/mol. The summed E-state index contributed by atoms with van der Waals surface area (Å²) in [6.45, 7) is 9.94. The molecule has 0 aliphatic rings. The molecule has 3 aromatic rings. The summed E-state index contributed by atoms with van der Waals surface area (Å²) in [6.07, 6.45) is 3.82. The Morgan fingerprint density at radius 2 is 1.65 bits per heavy atom. The van der Waals surface area contributed by atoms with Gasteiger partial charge in [-0.1, -0.05) is 47.7 Å². The monoisotopic (exact) mass is 304 g/mol. The third-order valence-electron chi connectivity index (χ3n) is 3.77. The maximum atomic E-state index is 4.29. The van der Waals surface area contributed by atoms with Crippen molar-refractivity contribution in [3.05, 3.63) is 79.4 Å². The Balaban J connectivity index is 1.96.